The number of nitrogens with zero attached hydrogens (tertiary/aromatic N) is 2. The van der Waals surface area contributed by atoms with Gasteiger partial charge in [0.25, 0.3) is 0 Å². The van der Waals surface area contributed by atoms with Crippen molar-refractivity contribution in [2.45, 2.75) is 37.7 Å². The number of aromatic nitrogens is 2. The van der Waals surface area contributed by atoms with Gasteiger partial charge in [-0.25, -0.2) is 12.8 Å². The van der Waals surface area contributed by atoms with Crippen LogP contribution in [0.1, 0.15) is 49.2 Å². The first kappa shape index (κ1) is 17.1. The van der Waals surface area contributed by atoms with Crippen LogP contribution in [-0.4, -0.2) is 18.6 Å². The molecule has 0 fully saturated rings. The van der Waals surface area contributed by atoms with Crippen LogP contribution in [0.3, 0.4) is 0 Å². The number of hydrogen-bond acceptors (Lipinski definition) is 5. The number of halogens is 2. The lowest BCUT2D eigenvalue weighted by molar-refractivity contribution is 0.369. The van der Waals surface area contributed by atoms with Crippen molar-refractivity contribution in [3.05, 3.63) is 45.8 Å². The lowest BCUT2D eigenvalue weighted by atomic mass is 10.2. The number of rotatable bonds is 5. The fourth-order valence-corrected chi connectivity index (χ4v) is 3.51. The maximum Gasteiger partial charge on any atom is 0.244 e. The van der Waals surface area contributed by atoms with Gasteiger partial charge in [0.1, 0.15) is 11.1 Å². The zero-order chi connectivity index (χ0) is 16.5. The average Bonchev–Trinajstić information content (AvgIpc) is 2.91. The van der Waals surface area contributed by atoms with Crippen molar-refractivity contribution >= 4 is 25.8 Å². The molecule has 0 amide bonds. The van der Waals surface area contributed by atoms with E-state index >= 15 is 0 Å². The summed E-state index contributed by atoms with van der Waals surface area (Å²) in [6.07, 6.45) is 0. The lowest BCUT2D eigenvalue weighted by Gasteiger charge is -2.09. The summed E-state index contributed by atoms with van der Waals surface area (Å²) in [5.41, 5.74) is 0.490. The maximum absolute atomic E-state index is 13.2. The van der Waals surface area contributed by atoms with Crippen molar-refractivity contribution in [2.75, 3.05) is 0 Å². The van der Waals surface area contributed by atoms with Gasteiger partial charge >= 0.3 is 0 Å². The van der Waals surface area contributed by atoms with E-state index in [1.165, 1.54) is 25.1 Å². The van der Waals surface area contributed by atoms with Gasteiger partial charge in [-0.05, 0) is 40.5 Å². The minimum absolute atomic E-state index is 0.0560. The summed E-state index contributed by atoms with van der Waals surface area (Å²) >= 11 is 3.04. The Morgan fingerprint density at radius 3 is 2.55 bits per heavy atom. The van der Waals surface area contributed by atoms with Crippen molar-refractivity contribution in [1.82, 2.24) is 10.1 Å². The van der Waals surface area contributed by atoms with Crippen LogP contribution >= 0.6 is 15.9 Å². The molecule has 0 unspecified atom stereocenters. The Morgan fingerprint density at radius 2 is 2.00 bits per heavy atom. The highest BCUT2D eigenvalue weighted by atomic mass is 79.9. The van der Waals surface area contributed by atoms with E-state index in [-0.39, 0.29) is 22.0 Å². The molecule has 0 aliphatic heterocycles. The first-order valence-corrected chi connectivity index (χ1v) is 9.20. The third-order valence-corrected chi connectivity index (χ3v) is 5.83. The van der Waals surface area contributed by atoms with Gasteiger partial charge in [-0.1, -0.05) is 25.1 Å². The molecule has 0 N–H and O–H groups in total. The number of sulfone groups is 1. The highest BCUT2D eigenvalue weighted by Gasteiger charge is 2.28. The molecular formula is C14H16BrFN2O3S. The first-order chi connectivity index (χ1) is 10.2. The topological polar surface area (TPSA) is 73.1 Å². The van der Waals surface area contributed by atoms with Crippen LogP contribution in [0.25, 0.3) is 0 Å². The van der Waals surface area contributed by atoms with Crippen molar-refractivity contribution in [2.24, 2.45) is 0 Å². The summed E-state index contributed by atoms with van der Waals surface area (Å²) in [6.45, 7) is 5.29. The van der Waals surface area contributed by atoms with Gasteiger partial charge in [0.15, 0.2) is 15.7 Å². The lowest BCUT2D eigenvalue weighted by Crippen LogP contribution is -2.13. The molecule has 5 nitrogen and oxygen atoms in total. The zero-order valence-corrected chi connectivity index (χ0v) is 14.8. The molecule has 0 saturated carbocycles. The Labute approximate surface area is 137 Å². The molecule has 0 aliphatic rings. The average molecular weight is 391 g/mol. The van der Waals surface area contributed by atoms with Crippen LogP contribution in [0.2, 0.25) is 0 Å². The van der Waals surface area contributed by atoms with Crippen molar-refractivity contribution < 1.29 is 17.3 Å². The molecule has 2 rings (SSSR count). The fourth-order valence-electron chi connectivity index (χ4n) is 1.79. The van der Waals surface area contributed by atoms with E-state index in [9.17, 15) is 12.8 Å². The molecule has 22 heavy (non-hydrogen) atoms. The van der Waals surface area contributed by atoms with Gasteiger partial charge in [0, 0.05) is 5.92 Å². The molecule has 0 aliphatic carbocycles. The second-order valence-electron chi connectivity index (χ2n) is 5.34. The largest absolute Gasteiger partial charge is 0.338 e. The molecule has 1 aromatic heterocycles. The van der Waals surface area contributed by atoms with Gasteiger partial charge < -0.3 is 4.52 Å². The molecule has 1 heterocycles. The summed E-state index contributed by atoms with van der Waals surface area (Å²) in [5, 5.41) is 2.86. The van der Waals surface area contributed by atoms with E-state index in [4.69, 9.17) is 4.52 Å². The van der Waals surface area contributed by atoms with Crippen molar-refractivity contribution in [3.8, 4) is 0 Å². The molecule has 1 atom stereocenters. The van der Waals surface area contributed by atoms with Crippen LogP contribution in [0.4, 0.5) is 4.39 Å². The van der Waals surface area contributed by atoms with Crippen LogP contribution < -0.4 is 0 Å². The molecular weight excluding hydrogens is 375 g/mol. The normalized spacial score (nSPS) is 13.5. The summed E-state index contributed by atoms with van der Waals surface area (Å²) in [4.78, 5) is 4.12. The fraction of sp³-hybridized carbons (Fsp3) is 0.429. The number of hydrogen-bond donors (Lipinski definition) is 0. The van der Waals surface area contributed by atoms with Gasteiger partial charge in [-0.3, -0.25) is 0 Å². The van der Waals surface area contributed by atoms with E-state index in [1.54, 1.807) is 0 Å². The third kappa shape index (κ3) is 3.73. The maximum atomic E-state index is 13.2. The smallest absolute Gasteiger partial charge is 0.244 e. The second kappa shape index (κ2) is 6.45. The molecule has 0 spiro atoms. The quantitative estimate of drug-likeness (QED) is 0.776. The summed E-state index contributed by atoms with van der Waals surface area (Å²) < 4.78 is 43.4. The van der Waals surface area contributed by atoms with Crippen molar-refractivity contribution in [1.29, 1.82) is 0 Å². The molecule has 2 aromatic rings. The monoisotopic (exact) mass is 390 g/mol. The van der Waals surface area contributed by atoms with Gasteiger partial charge in [-0.2, -0.15) is 4.98 Å². The summed E-state index contributed by atoms with van der Waals surface area (Å²) in [6, 6.07) is 4.12. The predicted molar refractivity (Wildman–Crippen MR) is 83.5 cm³/mol. The van der Waals surface area contributed by atoms with E-state index in [2.05, 4.69) is 26.1 Å². The van der Waals surface area contributed by atoms with Gasteiger partial charge in [0.2, 0.25) is 5.89 Å². The SMILES string of the molecule is CC(C)c1noc([C@H](C)S(=O)(=O)Cc2ccc(F)c(Br)c2)n1. The highest BCUT2D eigenvalue weighted by Crippen LogP contribution is 2.26. The standard InChI is InChI=1S/C14H16BrFN2O3S/c1-8(2)13-17-14(21-18-13)9(3)22(19,20)7-10-4-5-12(16)11(15)6-10/h4-6,8-9H,7H2,1-3H3/t9-/m0/s1. The van der Waals surface area contributed by atoms with Gasteiger partial charge in [-0.15, -0.1) is 0 Å². The van der Waals surface area contributed by atoms with Gasteiger partial charge in [0.05, 0.1) is 10.2 Å². The Morgan fingerprint density at radius 1 is 1.32 bits per heavy atom. The Kier molecular flexibility index (Phi) is 5.01. The van der Waals surface area contributed by atoms with Crippen molar-refractivity contribution in [3.63, 3.8) is 0 Å². The van der Waals surface area contributed by atoms with E-state index in [0.29, 0.717) is 11.4 Å². The molecule has 0 radical (unpaired) electrons. The van der Waals surface area contributed by atoms with Crippen LogP contribution in [-0.2, 0) is 15.6 Å². The molecule has 120 valence electrons. The van der Waals surface area contributed by atoms with Crippen LogP contribution in [0, 0.1) is 5.82 Å². The van der Waals surface area contributed by atoms with E-state index in [1.807, 2.05) is 13.8 Å². The molecule has 0 saturated heterocycles. The predicted octanol–water partition coefficient (Wildman–Crippen LogP) is 3.77. The highest BCUT2D eigenvalue weighted by molar-refractivity contribution is 9.10. The van der Waals surface area contributed by atoms with Crippen LogP contribution in [0.15, 0.2) is 27.2 Å². The Bertz CT molecular complexity index is 774. The Hall–Kier alpha value is -1.28. The third-order valence-electron chi connectivity index (χ3n) is 3.21. The minimum atomic E-state index is -3.55. The second-order valence-corrected chi connectivity index (χ2v) is 8.52. The number of benzene rings is 1. The molecule has 1 aromatic carbocycles. The van der Waals surface area contributed by atoms with Crippen LogP contribution in [0.5, 0.6) is 0 Å². The Balaban J connectivity index is 2.22. The van der Waals surface area contributed by atoms with E-state index < -0.39 is 20.9 Å². The summed E-state index contributed by atoms with van der Waals surface area (Å²) in [7, 11) is -3.55. The minimum Gasteiger partial charge on any atom is -0.338 e. The zero-order valence-electron chi connectivity index (χ0n) is 12.4. The molecule has 8 heteroatoms. The van der Waals surface area contributed by atoms with E-state index in [0.717, 1.165) is 0 Å². The first-order valence-electron chi connectivity index (χ1n) is 6.69. The molecule has 0 bridgehead atoms. The summed E-state index contributed by atoms with van der Waals surface area (Å²) in [5.74, 6) is -0.0634.